The van der Waals surface area contributed by atoms with Gasteiger partial charge >= 0.3 is 0 Å². The molecule has 0 fully saturated rings. The maximum atomic E-state index is 13.3. The molecule has 9 heteroatoms. The Hall–Kier alpha value is -4.24. The van der Waals surface area contributed by atoms with Gasteiger partial charge in [0.25, 0.3) is 15.9 Å². The van der Waals surface area contributed by atoms with E-state index in [1.165, 1.54) is 24.4 Å². The number of sulfonamides is 1. The molecule has 0 radical (unpaired) electrons. The quantitative estimate of drug-likeness (QED) is 0.290. The number of amides is 1. The highest BCUT2D eigenvalue weighted by Gasteiger charge is 2.27. The average Bonchev–Trinajstić information content (AvgIpc) is 3.16. The fraction of sp³-hybridized carbons (Fsp3) is 0.148. The number of carbonyl (C=O) groups excluding carboxylic acids is 1. The van der Waals surface area contributed by atoms with Gasteiger partial charge in [0, 0.05) is 28.8 Å². The Morgan fingerprint density at radius 2 is 1.69 bits per heavy atom. The van der Waals surface area contributed by atoms with Gasteiger partial charge in [0.1, 0.15) is 12.4 Å². The summed E-state index contributed by atoms with van der Waals surface area (Å²) in [6.45, 7) is 5.57. The van der Waals surface area contributed by atoms with E-state index in [1.54, 1.807) is 36.5 Å². The molecule has 0 saturated heterocycles. The van der Waals surface area contributed by atoms with Gasteiger partial charge in [0.2, 0.25) is 0 Å². The maximum absolute atomic E-state index is 13.3. The molecule has 4 aromatic rings. The molecule has 2 heterocycles. The number of para-hydroxylation sites is 1. The summed E-state index contributed by atoms with van der Waals surface area (Å²) in [7, 11) is -4.02. The first kappa shape index (κ1) is 24.9. The minimum atomic E-state index is -4.02. The molecule has 0 bridgehead atoms. The largest absolute Gasteiger partial charge is 0.318 e. The van der Waals surface area contributed by atoms with Crippen molar-refractivity contribution in [3.8, 4) is 5.69 Å². The lowest BCUT2D eigenvalue weighted by atomic mass is 10.2. The molecule has 0 saturated carbocycles. The number of carbonyl (C=O) groups is 1. The molecule has 0 aliphatic carbocycles. The summed E-state index contributed by atoms with van der Waals surface area (Å²) in [5.41, 5.74) is 7.52. The van der Waals surface area contributed by atoms with Crippen molar-refractivity contribution in [2.75, 3.05) is 10.8 Å². The van der Waals surface area contributed by atoms with Crippen LogP contribution in [-0.2, 0) is 14.8 Å². The highest BCUT2D eigenvalue weighted by atomic mass is 32.2. The molecule has 0 aliphatic rings. The number of hydrogen-bond donors (Lipinski definition) is 1. The molecule has 0 atom stereocenters. The summed E-state index contributed by atoms with van der Waals surface area (Å²) in [4.78, 5) is 17.0. The predicted molar refractivity (Wildman–Crippen MR) is 141 cm³/mol. The Balaban J connectivity index is 1.54. The zero-order valence-electron chi connectivity index (χ0n) is 20.3. The minimum absolute atomic E-state index is 0.0654. The number of hydrogen-bond acceptors (Lipinski definition) is 5. The second kappa shape index (κ2) is 10.6. The van der Waals surface area contributed by atoms with E-state index in [0.29, 0.717) is 0 Å². The van der Waals surface area contributed by atoms with E-state index < -0.39 is 22.5 Å². The summed E-state index contributed by atoms with van der Waals surface area (Å²) >= 11 is 0. The van der Waals surface area contributed by atoms with Crippen LogP contribution in [0, 0.1) is 20.8 Å². The molecule has 4 rings (SSSR count). The van der Waals surface area contributed by atoms with Gasteiger partial charge < -0.3 is 4.57 Å². The highest BCUT2D eigenvalue weighted by molar-refractivity contribution is 7.92. The van der Waals surface area contributed by atoms with E-state index in [2.05, 4.69) is 39.1 Å². The van der Waals surface area contributed by atoms with Gasteiger partial charge in [-0.25, -0.2) is 23.1 Å². The van der Waals surface area contributed by atoms with Gasteiger partial charge in [0.15, 0.2) is 0 Å². The van der Waals surface area contributed by atoms with Crippen molar-refractivity contribution in [2.24, 2.45) is 5.10 Å². The lowest BCUT2D eigenvalue weighted by Gasteiger charge is -2.22. The smallest absolute Gasteiger partial charge is 0.265 e. The highest BCUT2D eigenvalue weighted by Crippen LogP contribution is 2.23. The van der Waals surface area contributed by atoms with E-state index in [0.717, 1.165) is 32.5 Å². The molecule has 0 unspecified atom stereocenters. The summed E-state index contributed by atoms with van der Waals surface area (Å²) in [6, 6.07) is 22.9. The third kappa shape index (κ3) is 5.21. The molecule has 184 valence electrons. The Kier molecular flexibility index (Phi) is 7.30. The normalized spacial score (nSPS) is 11.5. The number of nitrogens with zero attached hydrogens (tertiary/aromatic N) is 4. The van der Waals surface area contributed by atoms with Crippen molar-refractivity contribution < 1.29 is 13.2 Å². The second-order valence-corrected chi connectivity index (χ2v) is 10.1. The number of pyridine rings is 1. The van der Waals surface area contributed by atoms with Gasteiger partial charge in [0.05, 0.1) is 11.1 Å². The number of aryl methyl sites for hydroxylation is 2. The maximum Gasteiger partial charge on any atom is 0.265 e. The lowest BCUT2D eigenvalue weighted by Crippen LogP contribution is -2.40. The molecule has 2 aromatic carbocycles. The molecule has 1 amide bonds. The molecular weight excluding hydrogens is 474 g/mol. The van der Waals surface area contributed by atoms with Crippen molar-refractivity contribution in [3.63, 3.8) is 0 Å². The fourth-order valence-electron chi connectivity index (χ4n) is 3.95. The SMILES string of the molecule is Cc1ccccc1-n1c(C)cc(/C=N/NC(=O)CN(c2ccccn2)S(=O)(=O)c2ccccc2)c1C. The van der Waals surface area contributed by atoms with E-state index in [1.807, 2.05) is 32.0 Å². The van der Waals surface area contributed by atoms with Crippen LogP contribution in [0.25, 0.3) is 5.69 Å². The summed E-state index contributed by atoms with van der Waals surface area (Å²) in [5.74, 6) is -0.452. The van der Waals surface area contributed by atoms with Crippen LogP contribution in [-0.4, -0.2) is 36.6 Å². The first-order valence-electron chi connectivity index (χ1n) is 11.3. The topological polar surface area (TPSA) is 96.7 Å². The number of aromatic nitrogens is 2. The number of hydrazone groups is 1. The number of benzene rings is 2. The number of nitrogens with one attached hydrogen (secondary N) is 1. The van der Waals surface area contributed by atoms with Crippen molar-refractivity contribution in [1.29, 1.82) is 0 Å². The zero-order chi connectivity index (χ0) is 25.7. The average molecular weight is 502 g/mol. The first-order chi connectivity index (χ1) is 17.3. The van der Waals surface area contributed by atoms with E-state index in [4.69, 9.17) is 0 Å². The molecule has 1 N–H and O–H groups in total. The van der Waals surface area contributed by atoms with Crippen LogP contribution < -0.4 is 9.73 Å². The summed E-state index contributed by atoms with van der Waals surface area (Å²) in [5, 5.41) is 4.09. The molecule has 8 nitrogen and oxygen atoms in total. The van der Waals surface area contributed by atoms with E-state index in [9.17, 15) is 13.2 Å². The van der Waals surface area contributed by atoms with E-state index >= 15 is 0 Å². The third-order valence-electron chi connectivity index (χ3n) is 5.74. The Morgan fingerprint density at radius 1 is 1.00 bits per heavy atom. The van der Waals surface area contributed by atoms with Crippen molar-refractivity contribution in [2.45, 2.75) is 25.7 Å². The zero-order valence-corrected chi connectivity index (χ0v) is 21.1. The molecular formula is C27H27N5O3S. The molecule has 0 aliphatic heterocycles. The Labute approximate surface area is 211 Å². The van der Waals surface area contributed by atoms with Gasteiger partial charge in [-0.15, -0.1) is 0 Å². The standard InChI is InChI=1S/C27H27N5O3S/c1-20-11-7-8-14-25(20)32-21(2)17-23(22(32)3)18-29-30-27(33)19-31(26-15-9-10-16-28-26)36(34,35)24-12-5-4-6-13-24/h4-18H,19H2,1-3H3,(H,30,33)/b29-18+. The lowest BCUT2D eigenvalue weighted by molar-refractivity contribution is -0.119. The molecule has 36 heavy (non-hydrogen) atoms. The Morgan fingerprint density at radius 3 is 2.39 bits per heavy atom. The van der Waals surface area contributed by atoms with Crippen LogP contribution in [0.5, 0.6) is 0 Å². The third-order valence-corrected chi connectivity index (χ3v) is 7.51. The van der Waals surface area contributed by atoms with Gasteiger partial charge in [-0.2, -0.15) is 5.10 Å². The Bertz CT molecular complexity index is 1500. The van der Waals surface area contributed by atoms with Gasteiger partial charge in [-0.3, -0.25) is 4.79 Å². The van der Waals surface area contributed by atoms with Crippen molar-refractivity contribution in [3.05, 3.63) is 108 Å². The summed E-state index contributed by atoms with van der Waals surface area (Å²) < 4.78 is 29.7. The van der Waals surface area contributed by atoms with Crippen LogP contribution in [0.15, 0.2) is 95.1 Å². The number of rotatable bonds is 8. The fourth-order valence-corrected chi connectivity index (χ4v) is 5.35. The van der Waals surface area contributed by atoms with Crippen LogP contribution in [0.3, 0.4) is 0 Å². The van der Waals surface area contributed by atoms with Crippen LogP contribution in [0.1, 0.15) is 22.5 Å². The minimum Gasteiger partial charge on any atom is -0.318 e. The van der Waals surface area contributed by atoms with E-state index in [-0.39, 0.29) is 10.7 Å². The second-order valence-electron chi connectivity index (χ2n) is 8.25. The monoisotopic (exact) mass is 501 g/mol. The molecule has 2 aromatic heterocycles. The van der Waals surface area contributed by atoms with Crippen LogP contribution in [0.4, 0.5) is 5.82 Å². The van der Waals surface area contributed by atoms with Crippen molar-refractivity contribution >= 4 is 28.0 Å². The molecule has 0 spiro atoms. The van der Waals surface area contributed by atoms with Gasteiger partial charge in [-0.05, 0) is 62.7 Å². The summed E-state index contributed by atoms with van der Waals surface area (Å²) in [6.07, 6.45) is 3.04. The first-order valence-corrected chi connectivity index (χ1v) is 12.8. The van der Waals surface area contributed by atoms with Gasteiger partial charge in [-0.1, -0.05) is 42.5 Å². The predicted octanol–water partition coefficient (Wildman–Crippen LogP) is 4.14. The van der Waals surface area contributed by atoms with Crippen LogP contribution in [0.2, 0.25) is 0 Å². The number of anilines is 1. The van der Waals surface area contributed by atoms with Crippen molar-refractivity contribution in [1.82, 2.24) is 15.0 Å². The van der Waals surface area contributed by atoms with Crippen LogP contribution >= 0.6 is 0 Å².